The lowest BCUT2D eigenvalue weighted by Gasteiger charge is -2.05. The number of benzene rings is 2. The number of fused-ring (bicyclic) bond motifs is 2. The molecule has 78 valence electrons. The highest BCUT2D eigenvalue weighted by Gasteiger charge is 2.06. The lowest BCUT2D eigenvalue weighted by atomic mass is 10.2. The fraction of sp³-hybridized carbons (Fsp3) is 0.0769. The van der Waals surface area contributed by atoms with Crippen molar-refractivity contribution in [2.24, 2.45) is 0 Å². The second-order valence-corrected chi connectivity index (χ2v) is 4.95. The van der Waals surface area contributed by atoms with Gasteiger partial charge < -0.3 is 5.41 Å². The predicted octanol–water partition coefficient (Wildman–Crippen LogP) is 3.19. The molecule has 1 heterocycles. The van der Waals surface area contributed by atoms with Gasteiger partial charge in [-0.25, -0.2) is 4.98 Å². The van der Waals surface area contributed by atoms with Crippen LogP contribution in [-0.2, 0) is 0 Å². The van der Waals surface area contributed by atoms with Gasteiger partial charge in [-0.1, -0.05) is 6.07 Å². The average Bonchev–Trinajstić information content (AvgIpc) is 2.26. The Balaban J connectivity index is 2.46. The molecule has 0 saturated heterocycles. The molecule has 0 radical (unpaired) electrons. The lowest BCUT2D eigenvalue weighted by molar-refractivity contribution is 1.26. The standard InChI is InChI=1S/C13H10N2S/c1-8-2-4-10-12(6-8)16-13-7-9(14)3-5-11(13)15-10/h2-7,14H,1H3. The van der Waals surface area contributed by atoms with Crippen LogP contribution in [0.15, 0.2) is 36.4 Å². The van der Waals surface area contributed by atoms with Crippen LogP contribution in [0.5, 0.6) is 0 Å². The highest BCUT2D eigenvalue weighted by atomic mass is 32.1. The molecule has 1 N–H and O–H groups in total. The number of rotatable bonds is 0. The van der Waals surface area contributed by atoms with Gasteiger partial charge in [-0.05, 0) is 42.8 Å². The van der Waals surface area contributed by atoms with Gasteiger partial charge in [-0.2, -0.15) is 0 Å². The molecule has 2 nitrogen and oxygen atoms in total. The Labute approximate surface area is 97.1 Å². The van der Waals surface area contributed by atoms with Gasteiger partial charge in [0, 0.05) is 0 Å². The van der Waals surface area contributed by atoms with Crippen molar-refractivity contribution in [1.82, 2.24) is 4.98 Å². The molecular weight excluding hydrogens is 216 g/mol. The molecule has 16 heavy (non-hydrogen) atoms. The van der Waals surface area contributed by atoms with E-state index < -0.39 is 0 Å². The van der Waals surface area contributed by atoms with Crippen LogP contribution in [-0.4, -0.2) is 4.98 Å². The van der Waals surface area contributed by atoms with Crippen LogP contribution >= 0.6 is 11.3 Å². The highest BCUT2D eigenvalue weighted by molar-refractivity contribution is 7.21. The summed E-state index contributed by atoms with van der Waals surface area (Å²) < 4.78 is 1.18. The third-order valence-electron chi connectivity index (χ3n) is 2.54. The Hall–Kier alpha value is -1.74. The van der Waals surface area contributed by atoms with Gasteiger partial charge in [0.15, 0.2) is 0 Å². The van der Waals surface area contributed by atoms with Crippen molar-refractivity contribution in [1.29, 1.82) is 5.41 Å². The van der Waals surface area contributed by atoms with Crippen molar-refractivity contribution in [2.45, 2.75) is 6.92 Å². The number of aromatic nitrogens is 1. The van der Waals surface area contributed by atoms with E-state index in [2.05, 4.69) is 30.1 Å². The van der Waals surface area contributed by atoms with E-state index in [9.17, 15) is 0 Å². The van der Waals surface area contributed by atoms with Gasteiger partial charge in [0.2, 0.25) is 0 Å². The molecule has 0 saturated carbocycles. The summed E-state index contributed by atoms with van der Waals surface area (Å²) in [5.41, 5.74) is 3.24. The van der Waals surface area contributed by atoms with Crippen LogP contribution < -0.4 is 5.36 Å². The van der Waals surface area contributed by atoms with E-state index in [0.29, 0.717) is 5.36 Å². The smallest absolute Gasteiger partial charge is 0.0811 e. The zero-order chi connectivity index (χ0) is 11.1. The van der Waals surface area contributed by atoms with E-state index in [1.54, 1.807) is 17.4 Å². The topological polar surface area (TPSA) is 36.7 Å². The summed E-state index contributed by atoms with van der Waals surface area (Å²) in [4.78, 5) is 5.66. The predicted molar refractivity (Wildman–Crippen MR) is 66.8 cm³/mol. The first-order valence-corrected chi connectivity index (χ1v) is 5.90. The number of nitrogens with zero attached hydrogens (tertiary/aromatic N) is 1. The fourth-order valence-corrected chi connectivity index (χ4v) is 2.84. The van der Waals surface area contributed by atoms with E-state index in [0.717, 1.165) is 16.1 Å². The van der Waals surface area contributed by atoms with Crippen molar-refractivity contribution >= 4 is 21.6 Å². The maximum Gasteiger partial charge on any atom is 0.0811 e. The molecule has 0 fully saturated rings. The SMILES string of the molecule is Cc1ccc2nc3ccc(=N)cc-3sc2c1. The second kappa shape index (κ2) is 3.39. The van der Waals surface area contributed by atoms with Gasteiger partial charge in [-0.15, -0.1) is 11.3 Å². The first-order valence-electron chi connectivity index (χ1n) is 5.08. The van der Waals surface area contributed by atoms with Gasteiger partial charge in [0.05, 0.1) is 26.1 Å². The first-order chi connectivity index (χ1) is 7.72. The summed E-state index contributed by atoms with van der Waals surface area (Å²) in [7, 11) is 0. The van der Waals surface area contributed by atoms with Gasteiger partial charge in [-0.3, -0.25) is 0 Å². The number of hydrogen-bond donors (Lipinski definition) is 1. The van der Waals surface area contributed by atoms with Crippen LogP contribution in [0.3, 0.4) is 0 Å². The van der Waals surface area contributed by atoms with Crippen molar-refractivity contribution in [2.75, 3.05) is 0 Å². The Morgan fingerprint density at radius 2 is 2.00 bits per heavy atom. The molecule has 1 aromatic carbocycles. The molecule has 0 amide bonds. The molecule has 1 aliphatic carbocycles. The molecule has 3 heteroatoms. The second-order valence-electron chi connectivity index (χ2n) is 3.87. The maximum absolute atomic E-state index is 7.61. The fourth-order valence-electron chi connectivity index (χ4n) is 1.73. The summed E-state index contributed by atoms with van der Waals surface area (Å²) in [6, 6.07) is 11.8. The largest absolute Gasteiger partial charge is 0.301 e. The van der Waals surface area contributed by atoms with Crippen LogP contribution in [0.2, 0.25) is 0 Å². The number of nitrogens with one attached hydrogen (secondary N) is 1. The van der Waals surface area contributed by atoms with Crippen LogP contribution in [0.4, 0.5) is 0 Å². The monoisotopic (exact) mass is 226 g/mol. The molecule has 3 rings (SSSR count). The van der Waals surface area contributed by atoms with Gasteiger partial charge in [0.1, 0.15) is 0 Å². The molecule has 1 aliphatic heterocycles. The van der Waals surface area contributed by atoms with Gasteiger partial charge >= 0.3 is 0 Å². The third-order valence-corrected chi connectivity index (χ3v) is 3.63. The molecule has 0 aromatic heterocycles. The number of hydrogen-bond acceptors (Lipinski definition) is 3. The Kier molecular flexibility index (Phi) is 2.01. The summed E-state index contributed by atoms with van der Waals surface area (Å²) >= 11 is 1.70. The molecule has 0 bridgehead atoms. The van der Waals surface area contributed by atoms with E-state index in [1.807, 2.05) is 12.1 Å². The van der Waals surface area contributed by atoms with Crippen molar-refractivity contribution in [3.63, 3.8) is 0 Å². The maximum atomic E-state index is 7.61. The van der Waals surface area contributed by atoms with Crippen LogP contribution in [0, 0.1) is 12.3 Å². The summed E-state index contributed by atoms with van der Waals surface area (Å²) in [5.74, 6) is 0. The zero-order valence-corrected chi connectivity index (χ0v) is 9.64. The Bertz CT molecular complexity index is 700. The lowest BCUT2D eigenvalue weighted by Crippen LogP contribution is -1.98. The van der Waals surface area contributed by atoms with Crippen LogP contribution in [0.25, 0.3) is 20.8 Å². The minimum absolute atomic E-state index is 0.539. The summed E-state index contributed by atoms with van der Waals surface area (Å²) in [6.07, 6.45) is 0. The van der Waals surface area contributed by atoms with Crippen molar-refractivity contribution in [3.05, 3.63) is 47.3 Å². The zero-order valence-electron chi connectivity index (χ0n) is 8.82. The van der Waals surface area contributed by atoms with E-state index in [4.69, 9.17) is 5.41 Å². The minimum atomic E-state index is 0.539. The summed E-state index contributed by atoms with van der Waals surface area (Å²) in [5, 5.41) is 8.15. The van der Waals surface area contributed by atoms with Crippen molar-refractivity contribution < 1.29 is 0 Å². The van der Waals surface area contributed by atoms with E-state index >= 15 is 0 Å². The van der Waals surface area contributed by atoms with Crippen molar-refractivity contribution in [3.8, 4) is 10.6 Å². The number of aryl methyl sites for hydroxylation is 1. The third kappa shape index (κ3) is 1.49. The molecule has 2 aliphatic rings. The Morgan fingerprint density at radius 3 is 2.88 bits per heavy atom. The summed E-state index contributed by atoms with van der Waals surface area (Å²) in [6.45, 7) is 2.08. The molecule has 0 atom stereocenters. The minimum Gasteiger partial charge on any atom is -0.301 e. The quantitative estimate of drug-likeness (QED) is 0.587. The molecule has 0 spiro atoms. The normalized spacial score (nSPS) is 11.1. The van der Waals surface area contributed by atoms with Crippen LogP contribution in [0.1, 0.15) is 5.56 Å². The van der Waals surface area contributed by atoms with E-state index in [-0.39, 0.29) is 0 Å². The molecule has 0 unspecified atom stereocenters. The average molecular weight is 226 g/mol. The molecular formula is C13H10N2S. The van der Waals surface area contributed by atoms with Gasteiger partial charge in [0.25, 0.3) is 0 Å². The highest BCUT2D eigenvalue weighted by Crippen LogP contribution is 2.29. The van der Waals surface area contributed by atoms with E-state index in [1.165, 1.54) is 10.3 Å². The Morgan fingerprint density at radius 1 is 1.12 bits per heavy atom. The first kappa shape index (κ1) is 9.48. The molecule has 1 aromatic rings.